The van der Waals surface area contributed by atoms with Gasteiger partial charge in [-0.05, 0) is 26.7 Å². The van der Waals surface area contributed by atoms with Crippen molar-refractivity contribution in [3.63, 3.8) is 0 Å². The van der Waals surface area contributed by atoms with Gasteiger partial charge in [-0.3, -0.25) is 0 Å². The lowest BCUT2D eigenvalue weighted by Crippen LogP contribution is -2.49. The van der Waals surface area contributed by atoms with Crippen LogP contribution < -0.4 is 0 Å². The molecule has 0 aromatic rings. The van der Waals surface area contributed by atoms with E-state index in [2.05, 4.69) is 0 Å². The van der Waals surface area contributed by atoms with Crippen molar-refractivity contribution in [1.82, 2.24) is 0 Å². The summed E-state index contributed by atoms with van der Waals surface area (Å²) in [7, 11) is 0. The number of ether oxygens (including phenoxy) is 1. The summed E-state index contributed by atoms with van der Waals surface area (Å²) in [6.45, 7) is 4.85. The molecule has 1 aliphatic rings. The molecule has 1 aliphatic heterocycles. The van der Waals surface area contributed by atoms with Crippen molar-refractivity contribution in [3.05, 3.63) is 0 Å². The second-order valence-corrected chi connectivity index (χ2v) is 4.11. The van der Waals surface area contributed by atoms with E-state index in [-0.39, 0.29) is 12.0 Å². The van der Waals surface area contributed by atoms with Crippen molar-refractivity contribution in [1.29, 1.82) is 0 Å². The van der Waals surface area contributed by atoms with Crippen molar-refractivity contribution >= 4 is 0 Å². The molecule has 0 radical (unpaired) electrons. The van der Waals surface area contributed by atoms with Gasteiger partial charge in [0.25, 0.3) is 0 Å². The van der Waals surface area contributed by atoms with Gasteiger partial charge in [0.05, 0.1) is 12.2 Å². The van der Waals surface area contributed by atoms with Crippen LogP contribution in [-0.4, -0.2) is 35.6 Å². The van der Waals surface area contributed by atoms with Crippen LogP contribution >= 0.6 is 0 Å². The molecule has 0 amide bonds. The van der Waals surface area contributed by atoms with E-state index >= 15 is 0 Å². The van der Waals surface area contributed by atoms with Crippen LogP contribution in [0.1, 0.15) is 26.7 Å². The van der Waals surface area contributed by atoms with Crippen molar-refractivity contribution in [2.75, 3.05) is 19.8 Å². The fourth-order valence-corrected chi connectivity index (χ4v) is 1.73. The third-order valence-corrected chi connectivity index (χ3v) is 3.05. The zero-order chi connectivity index (χ0) is 9.24. The molecule has 0 unspecified atom stereocenters. The Morgan fingerprint density at radius 2 is 1.83 bits per heavy atom. The first-order valence-corrected chi connectivity index (χ1v) is 4.43. The Morgan fingerprint density at radius 3 is 2.08 bits per heavy atom. The molecule has 0 atom stereocenters. The topological polar surface area (TPSA) is 49.7 Å². The fourth-order valence-electron chi connectivity index (χ4n) is 1.73. The highest BCUT2D eigenvalue weighted by Gasteiger charge is 2.44. The second kappa shape index (κ2) is 3.32. The van der Waals surface area contributed by atoms with Crippen LogP contribution in [0, 0.1) is 5.41 Å². The van der Waals surface area contributed by atoms with Gasteiger partial charge in [-0.2, -0.15) is 0 Å². The van der Waals surface area contributed by atoms with Crippen LogP contribution in [0.4, 0.5) is 0 Å². The normalized spacial score (nSPS) is 24.0. The zero-order valence-corrected chi connectivity index (χ0v) is 7.84. The summed E-state index contributed by atoms with van der Waals surface area (Å²) in [4.78, 5) is 0. The van der Waals surface area contributed by atoms with Gasteiger partial charge in [0.1, 0.15) is 0 Å². The summed E-state index contributed by atoms with van der Waals surface area (Å²) >= 11 is 0. The average molecular weight is 174 g/mol. The minimum atomic E-state index is -0.814. The Kier molecular flexibility index (Phi) is 2.76. The first kappa shape index (κ1) is 9.96. The maximum absolute atomic E-state index is 9.88. The van der Waals surface area contributed by atoms with E-state index in [0.717, 1.165) is 12.8 Å². The second-order valence-electron chi connectivity index (χ2n) is 4.11. The molecule has 1 rings (SSSR count). The maximum Gasteiger partial charge on any atom is 0.0671 e. The Bertz CT molecular complexity index is 142. The highest BCUT2D eigenvalue weighted by Crippen LogP contribution is 2.40. The molecule has 2 N–H and O–H groups in total. The molecule has 0 aromatic carbocycles. The molecule has 0 spiro atoms. The van der Waals surface area contributed by atoms with Crippen LogP contribution in [-0.2, 0) is 4.74 Å². The number of aliphatic hydroxyl groups excluding tert-OH is 1. The lowest BCUT2D eigenvalue weighted by atomic mass is 9.69. The molecule has 3 nitrogen and oxygen atoms in total. The van der Waals surface area contributed by atoms with E-state index in [1.54, 1.807) is 13.8 Å². The molecular weight excluding hydrogens is 156 g/mol. The SMILES string of the molecule is CC(C)(O)C1(CO)CCOCC1. The Morgan fingerprint density at radius 1 is 1.33 bits per heavy atom. The molecule has 0 bridgehead atoms. The van der Waals surface area contributed by atoms with Crippen molar-refractivity contribution < 1.29 is 14.9 Å². The fraction of sp³-hybridized carbons (Fsp3) is 1.00. The summed E-state index contributed by atoms with van der Waals surface area (Å²) in [6, 6.07) is 0. The first-order valence-electron chi connectivity index (χ1n) is 4.43. The standard InChI is InChI=1S/C9H18O3/c1-8(2,11)9(7-10)3-5-12-6-4-9/h10-11H,3-7H2,1-2H3. The molecule has 3 heteroatoms. The van der Waals surface area contributed by atoms with Gasteiger partial charge in [-0.25, -0.2) is 0 Å². The molecule has 1 heterocycles. The molecule has 12 heavy (non-hydrogen) atoms. The van der Waals surface area contributed by atoms with Gasteiger partial charge in [0.2, 0.25) is 0 Å². The Labute approximate surface area is 73.4 Å². The van der Waals surface area contributed by atoms with E-state index in [9.17, 15) is 10.2 Å². The third kappa shape index (κ3) is 1.63. The molecule has 0 aliphatic carbocycles. The van der Waals surface area contributed by atoms with Crippen LogP contribution in [0.2, 0.25) is 0 Å². The summed E-state index contributed by atoms with van der Waals surface area (Å²) in [5.41, 5.74) is -1.17. The molecule has 72 valence electrons. The molecule has 0 aromatic heterocycles. The van der Waals surface area contributed by atoms with Gasteiger partial charge < -0.3 is 14.9 Å². The van der Waals surface area contributed by atoms with Gasteiger partial charge >= 0.3 is 0 Å². The van der Waals surface area contributed by atoms with E-state index in [1.165, 1.54) is 0 Å². The van der Waals surface area contributed by atoms with Crippen molar-refractivity contribution in [3.8, 4) is 0 Å². The highest BCUT2D eigenvalue weighted by atomic mass is 16.5. The van der Waals surface area contributed by atoms with Gasteiger partial charge in [-0.15, -0.1) is 0 Å². The first-order chi connectivity index (χ1) is 5.52. The van der Waals surface area contributed by atoms with Crippen molar-refractivity contribution in [2.24, 2.45) is 5.41 Å². The van der Waals surface area contributed by atoms with Gasteiger partial charge in [0.15, 0.2) is 0 Å². The number of rotatable bonds is 2. The van der Waals surface area contributed by atoms with Crippen molar-refractivity contribution in [2.45, 2.75) is 32.3 Å². The molecule has 1 fully saturated rings. The zero-order valence-electron chi connectivity index (χ0n) is 7.84. The molecule has 1 saturated heterocycles. The quantitative estimate of drug-likeness (QED) is 0.642. The Hall–Kier alpha value is -0.120. The van der Waals surface area contributed by atoms with Crippen LogP contribution in [0.3, 0.4) is 0 Å². The third-order valence-electron chi connectivity index (χ3n) is 3.05. The predicted molar refractivity (Wildman–Crippen MR) is 45.9 cm³/mol. The number of hydrogen-bond acceptors (Lipinski definition) is 3. The van der Waals surface area contributed by atoms with Crippen LogP contribution in [0.15, 0.2) is 0 Å². The number of aliphatic hydroxyl groups is 2. The lowest BCUT2D eigenvalue weighted by Gasteiger charge is -2.44. The van der Waals surface area contributed by atoms with Crippen LogP contribution in [0.25, 0.3) is 0 Å². The van der Waals surface area contributed by atoms with Gasteiger partial charge in [0, 0.05) is 18.6 Å². The minimum absolute atomic E-state index is 0.0415. The van der Waals surface area contributed by atoms with E-state index < -0.39 is 5.60 Å². The lowest BCUT2D eigenvalue weighted by molar-refractivity contribution is -0.134. The molecule has 0 saturated carbocycles. The van der Waals surface area contributed by atoms with E-state index in [1.807, 2.05) is 0 Å². The summed E-state index contributed by atoms with van der Waals surface area (Å²) in [5.74, 6) is 0. The maximum atomic E-state index is 9.88. The number of hydrogen-bond donors (Lipinski definition) is 2. The van der Waals surface area contributed by atoms with E-state index in [0.29, 0.717) is 13.2 Å². The highest BCUT2D eigenvalue weighted by molar-refractivity contribution is 4.94. The molecular formula is C9H18O3. The summed E-state index contributed by atoms with van der Waals surface area (Å²) in [5, 5.41) is 19.1. The van der Waals surface area contributed by atoms with Crippen LogP contribution in [0.5, 0.6) is 0 Å². The van der Waals surface area contributed by atoms with E-state index in [4.69, 9.17) is 4.74 Å². The average Bonchev–Trinajstić information content (AvgIpc) is 2.04. The largest absolute Gasteiger partial charge is 0.396 e. The summed E-state index contributed by atoms with van der Waals surface area (Å²) in [6.07, 6.45) is 1.49. The monoisotopic (exact) mass is 174 g/mol. The van der Waals surface area contributed by atoms with Gasteiger partial charge in [-0.1, -0.05) is 0 Å². The smallest absolute Gasteiger partial charge is 0.0671 e. The minimum Gasteiger partial charge on any atom is -0.396 e. The summed E-state index contributed by atoms with van der Waals surface area (Å²) < 4.78 is 5.20. The predicted octanol–water partition coefficient (Wildman–Crippen LogP) is 0.546. The Balaban J connectivity index is 2.73.